The van der Waals surface area contributed by atoms with Crippen LogP contribution in [0.1, 0.15) is 49.1 Å². The Hall–Kier alpha value is -3.07. The van der Waals surface area contributed by atoms with Crippen LogP contribution in [0.5, 0.6) is 0 Å². The first-order valence-corrected chi connectivity index (χ1v) is 13.7. The van der Waals surface area contributed by atoms with Crippen molar-refractivity contribution in [1.29, 1.82) is 0 Å². The Morgan fingerprint density at radius 3 is 1.89 bits per heavy atom. The zero-order valence-electron chi connectivity index (χ0n) is 19.3. The Balaban J connectivity index is 1.40. The van der Waals surface area contributed by atoms with Crippen molar-refractivity contribution in [2.24, 2.45) is 0 Å². The van der Waals surface area contributed by atoms with Crippen molar-refractivity contribution >= 4 is 38.9 Å². The Bertz CT molecular complexity index is 1200. The zero-order chi connectivity index (χ0) is 24.7. The van der Waals surface area contributed by atoms with Crippen LogP contribution in [0.25, 0.3) is 0 Å². The minimum absolute atomic E-state index is 0.00323. The lowest BCUT2D eigenvalue weighted by Gasteiger charge is -2.22. The molecule has 6 nitrogen and oxygen atoms in total. The van der Waals surface area contributed by atoms with Crippen LogP contribution in [-0.4, -0.2) is 25.5 Å². The first kappa shape index (κ1) is 25.0. The van der Waals surface area contributed by atoms with Crippen LogP contribution in [0, 0.1) is 0 Å². The highest BCUT2D eigenvalue weighted by Crippen LogP contribution is 2.25. The minimum atomic E-state index is -3.58. The van der Waals surface area contributed by atoms with E-state index in [0.29, 0.717) is 5.69 Å². The predicted octanol–water partition coefficient (Wildman–Crippen LogP) is 4.94. The molecular weight excluding hydrogens is 478 g/mol. The maximum atomic E-state index is 13.2. The van der Waals surface area contributed by atoms with Crippen molar-refractivity contribution < 1.29 is 13.2 Å². The highest BCUT2D eigenvalue weighted by Gasteiger charge is 2.24. The minimum Gasteiger partial charge on any atom is -0.332 e. The fourth-order valence-electron chi connectivity index (χ4n) is 4.36. The molecule has 0 unspecified atom stereocenters. The number of benzene rings is 3. The third kappa shape index (κ3) is 6.75. The molecule has 1 amide bonds. The van der Waals surface area contributed by atoms with Gasteiger partial charge in [-0.3, -0.25) is 4.79 Å². The van der Waals surface area contributed by atoms with E-state index in [0.717, 1.165) is 43.2 Å². The third-order valence-corrected chi connectivity index (χ3v) is 7.85. The number of sulfonamides is 1. The normalized spacial score (nSPS) is 14.4. The van der Waals surface area contributed by atoms with E-state index < -0.39 is 15.9 Å². The van der Waals surface area contributed by atoms with Crippen LogP contribution in [-0.2, 0) is 14.8 Å². The summed E-state index contributed by atoms with van der Waals surface area (Å²) in [6.07, 6.45) is 5.01. The summed E-state index contributed by atoms with van der Waals surface area (Å²) in [4.78, 5) is 13.4. The van der Waals surface area contributed by atoms with Crippen LogP contribution < -0.4 is 15.4 Å². The number of thiocarbonyl (C=S) groups is 1. The second-order valence-electron chi connectivity index (χ2n) is 8.68. The van der Waals surface area contributed by atoms with Gasteiger partial charge in [0.05, 0.1) is 10.8 Å². The Kier molecular flexibility index (Phi) is 8.28. The summed E-state index contributed by atoms with van der Waals surface area (Å²) in [7, 11) is -3.58. The van der Waals surface area contributed by atoms with Crippen LogP contribution in [0.4, 0.5) is 5.69 Å². The number of rotatable bonds is 7. The Morgan fingerprint density at radius 2 is 1.34 bits per heavy atom. The van der Waals surface area contributed by atoms with E-state index in [1.54, 1.807) is 12.1 Å². The summed E-state index contributed by atoms with van der Waals surface area (Å²) in [5, 5.41) is 5.89. The monoisotopic (exact) mass is 507 g/mol. The highest BCUT2D eigenvalue weighted by molar-refractivity contribution is 7.89. The summed E-state index contributed by atoms with van der Waals surface area (Å²) in [5.74, 6) is -0.772. The maximum Gasteiger partial charge on any atom is 0.240 e. The summed E-state index contributed by atoms with van der Waals surface area (Å²) < 4.78 is 28.2. The summed E-state index contributed by atoms with van der Waals surface area (Å²) in [6, 6.07) is 25.4. The van der Waals surface area contributed by atoms with E-state index in [9.17, 15) is 13.2 Å². The molecule has 0 radical (unpaired) electrons. The van der Waals surface area contributed by atoms with Crippen molar-refractivity contribution in [2.75, 3.05) is 5.32 Å². The topological polar surface area (TPSA) is 87.3 Å². The molecule has 35 heavy (non-hydrogen) atoms. The van der Waals surface area contributed by atoms with Crippen LogP contribution in [0.3, 0.4) is 0 Å². The SMILES string of the molecule is O=C(NC(=S)Nc1ccc(S(=O)(=O)NC2CCCCC2)cc1)C(c1ccccc1)c1ccccc1. The molecular formula is C27H29N3O3S2. The maximum absolute atomic E-state index is 13.2. The van der Waals surface area contributed by atoms with Gasteiger partial charge in [-0.25, -0.2) is 13.1 Å². The standard InChI is InChI=1S/C27H29N3O3S2/c31-26(25(20-10-4-1-5-11-20)21-12-6-2-7-13-21)29-27(34)28-22-16-18-24(19-17-22)35(32,33)30-23-14-8-3-9-15-23/h1-2,4-7,10-13,16-19,23,25,30H,3,8-9,14-15H2,(H2,28,29,31,34). The van der Waals surface area contributed by atoms with Crippen LogP contribution in [0.2, 0.25) is 0 Å². The molecule has 8 heteroatoms. The zero-order valence-corrected chi connectivity index (χ0v) is 20.9. The van der Waals surface area contributed by atoms with Gasteiger partial charge in [0.25, 0.3) is 0 Å². The number of amides is 1. The number of carbonyl (C=O) groups excluding carboxylic acids is 1. The van der Waals surface area contributed by atoms with E-state index in [4.69, 9.17) is 12.2 Å². The number of carbonyl (C=O) groups is 1. The lowest BCUT2D eigenvalue weighted by molar-refractivity contribution is -0.120. The average Bonchev–Trinajstić information content (AvgIpc) is 2.86. The largest absolute Gasteiger partial charge is 0.332 e. The molecule has 0 bridgehead atoms. The molecule has 0 saturated heterocycles. The molecule has 3 aromatic carbocycles. The molecule has 0 spiro atoms. The van der Waals surface area contributed by atoms with E-state index in [-0.39, 0.29) is 22.0 Å². The second kappa shape index (κ2) is 11.6. The van der Waals surface area contributed by atoms with E-state index >= 15 is 0 Å². The number of nitrogens with one attached hydrogen (secondary N) is 3. The summed E-state index contributed by atoms with van der Waals surface area (Å²) >= 11 is 5.37. The molecule has 4 rings (SSSR count). The van der Waals surface area contributed by atoms with Crippen molar-refractivity contribution in [3.63, 3.8) is 0 Å². The van der Waals surface area contributed by atoms with Gasteiger partial charge >= 0.3 is 0 Å². The van der Waals surface area contributed by atoms with Gasteiger partial charge in [-0.2, -0.15) is 0 Å². The molecule has 1 saturated carbocycles. The third-order valence-electron chi connectivity index (χ3n) is 6.11. The fraction of sp³-hybridized carbons (Fsp3) is 0.259. The lowest BCUT2D eigenvalue weighted by atomic mass is 9.90. The van der Waals surface area contributed by atoms with E-state index in [1.165, 1.54) is 12.1 Å². The van der Waals surface area contributed by atoms with Gasteiger partial charge in [-0.1, -0.05) is 79.9 Å². The molecule has 3 N–H and O–H groups in total. The summed E-state index contributed by atoms with van der Waals surface area (Å²) in [5.41, 5.74) is 2.31. The molecule has 0 atom stereocenters. The van der Waals surface area contributed by atoms with Crippen LogP contribution >= 0.6 is 12.2 Å². The fourth-order valence-corrected chi connectivity index (χ4v) is 5.88. The Labute approximate surface area is 212 Å². The van der Waals surface area contributed by atoms with Gasteiger partial charge in [-0.15, -0.1) is 0 Å². The van der Waals surface area contributed by atoms with Gasteiger partial charge in [-0.05, 0) is 60.5 Å². The number of anilines is 1. The van der Waals surface area contributed by atoms with E-state index in [1.807, 2.05) is 60.7 Å². The van der Waals surface area contributed by atoms with Crippen molar-refractivity contribution in [3.8, 4) is 0 Å². The smallest absolute Gasteiger partial charge is 0.240 e. The number of hydrogen-bond acceptors (Lipinski definition) is 4. The van der Waals surface area contributed by atoms with Gasteiger partial charge < -0.3 is 10.6 Å². The van der Waals surface area contributed by atoms with Gasteiger partial charge in [0.15, 0.2) is 5.11 Å². The van der Waals surface area contributed by atoms with Crippen molar-refractivity contribution in [1.82, 2.24) is 10.0 Å². The quantitative estimate of drug-likeness (QED) is 0.394. The average molecular weight is 508 g/mol. The molecule has 182 valence electrons. The number of hydrogen-bond donors (Lipinski definition) is 3. The second-order valence-corrected chi connectivity index (χ2v) is 10.8. The lowest BCUT2D eigenvalue weighted by Crippen LogP contribution is -2.38. The first-order valence-electron chi connectivity index (χ1n) is 11.8. The highest BCUT2D eigenvalue weighted by atomic mass is 32.2. The van der Waals surface area contributed by atoms with Crippen molar-refractivity contribution in [3.05, 3.63) is 96.1 Å². The van der Waals surface area contributed by atoms with Gasteiger partial charge in [0.2, 0.25) is 15.9 Å². The molecule has 0 heterocycles. The van der Waals surface area contributed by atoms with Gasteiger partial charge in [0.1, 0.15) is 0 Å². The molecule has 1 aliphatic rings. The molecule has 0 aromatic heterocycles. The predicted molar refractivity (Wildman–Crippen MR) is 143 cm³/mol. The molecule has 3 aromatic rings. The van der Waals surface area contributed by atoms with Crippen molar-refractivity contribution in [2.45, 2.75) is 49.0 Å². The Morgan fingerprint density at radius 1 is 0.800 bits per heavy atom. The first-order chi connectivity index (χ1) is 16.9. The molecule has 0 aliphatic heterocycles. The van der Waals surface area contributed by atoms with Crippen LogP contribution in [0.15, 0.2) is 89.8 Å². The van der Waals surface area contributed by atoms with Gasteiger partial charge in [0, 0.05) is 11.7 Å². The molecule has 1 fully saturated rings. The summed E-state index contributed by atoms with van der Waals surface area (Å²) in [6.45, 7) is 0. The van der Waals surface area contributed by atoms with E-state index in [2.05, 4.69) is 15.4 Å². The molecule has 1 aliphatic carbocycles.